The highest BCUT2D eigenvalue weighted by molar-refractivity contribution is 14.0. The van der Waals surface area contributed by atoms with Gasteiger partial charge in [0.05, 0.1) is 18.2 Å². The Morgan fingerprint density at radius 2 is 2.07 bits per heavy atom. The number of hydrogen-bond donors (Lipinski definition) is 1. The molecule has 28 heavy (non-hydrogen) atoms. The van der Waals surface area contributed by atoms with Crippen molar-refractivity contribution in [2.45, 2.75) is 32.4 Å². The number of nitrogens with zero attached hydrogens (tertiary/aromatic N) is 4. The van der Waals surface area contributed by atoms with Gasteiger partial charge in [-0.15, -0.1) is 24.0 Å². The van der Waals surface area contributed by atoms with Gasteiger partial charge in [-0.1, -0.05) is 12.1 Å². The van der Waals surface area contributed by atoms with Gasteiger partial charge in [-0.2, -0.15) is 5.26 Å². The summed E-state index contributed by atoms with van der Waals surface area (Å²) in [5.74, 6) is 0.978. The van der Waals surface area contributed by atoms with Gasteiger partial charge in [0.25, 0.3) is 5.91 Å². The van der Waals surface area contributed by atoms with Crippen LogP contribution < -0.4 is 5.32 Å². The zero-order valence-corrected chi connectivity index (χ0v) is 18.6. The molecule has 2 aliphatic heterocycles. The number of carbonyl (C=O) groups is 1. The lowest BCUT2D eigenvalue weighted by Gasteiger charge is -2.37. The Hall–Kier alpha value is -1.86. The number of carbonyl (C=O) groups excluding carboxylic acids is 1. The van der Waals surface area contributed by atoms with Gasteiger partial charge in [0.2, 0.25) is 0 Å². The van der Waals surface area contributed by atoms with Crippen LogP contribution in [0.4, 0.5) is 0 Å². The monoisotopic (exact) mass is 497 g/mol. The van der Waals surface area contributed by atoms with E-state index in [1.165, 1.54) is 0 Å². The maximum absolute atomic E-state index is 12.5. The molecule has 2 aliphatic rings. The third-order valence-corrected chi connectivity index (χ3v) is 4.90. The van der Waals surface area contributed by atoms with Crippen molar-refractivity contribution in [2.75, 3.05) is 39.3 Å². The number of nitriles is 1. The van der Waals surface area contributed by atoms with E-state index in [4.69, 9.17) is 15.0 Å². The third-order valence-electron chi connectivity index (χ3n) is 4.90. The highest BCUT2D eigenvalue weighted by Gasteiger charge is 2.30. The van der Waals surface area contributed by atoms with Crippen LogP contribution in [-0.2, 0) is 16.1 Å². The Morgan fingerprint density at radius 3 is 2.71 bits per heavy atom. The first-order chi connectivity index (χ1) is 13.2. The van der Waals surface area contributed by atoms with E-state index in [9.17, 15) is 4.79 Å². The number of ether oxygens (including phenoxy) is 1. The zero-order valence-electron chi connectivity index (χ0n) is 16.3. The van der Waals surface area contributed by atoms with Crippen molar-refractivity contribution in [3.05, 3.63) is 35.4 Å². The van der Waals surface area contributed by atoms with Crippen LogP contribution >= 0.6 is 24.0 Å². The predicted octanol–water partition coefficient (Wildman–Crippen LogP) is 1.96. The summed E-state index contributed by atoms with van der Waals surface area (Å²) in [6.45, 7) is 6.92. The van der Waals surface area contributed by atoms with E-state index in [0.717, 1.165) is 44.0 Å². The van der Waals surface area contributed by atoms with Crippen LogP contribution in [0.5, 0.6) is 0 Å². The molecule has 1 amide bonds. The maximum atomic E-state index is 12.5. The molecular weight excluding hydrogens is 469 g/mol. The Labute approximate surface area is 183 Å². The van der Waals surface area contributed by atoms with Gasteiger partial charge in [0.1, 0.15) is 6.10 Å². The highest BCUT2D eigenvalue weighted by Crippen LogP contribution is 2.16. The predicted molar refractivity (Wildman–Crippen MR) is 119 cm³/mol. The van der Waals surface area contributed by atoms with Crippen LogP contribution in [0.2, 0.25) is 0 Å². The topological polar surface area (TPSA) is 81.0 Å². The molecule has 7 nitrogen and oxygen atoms in total. The molecule has 2 saturated heterocycles. The number of piperazine rings is 1. The van der Waals surface area contributed by atoms with E-state index in [2.05, 4.69) is 16.3 Å². The fourth-order valence-corrected chi connectivity index (χ4v) is 3.45. The first-order valence-corrected chi connectivity index (χ1v) is 9.64. The number of guanidine groups is 1. The number of nitrogens with one attached hydrogen (secondary N) is 1. The van der Waals surface area contributed by atoms with Crippen LogP contribution in [0, 0.1) is 11.3 Å². The fourth-order valence-electron chi connectivity index (χ4n) is 3.45. The highest BCUT2D eigenvalue weighted by atomic mass is 127. The number of amides is 1. The summed E-state index contributed by atoms with van der Waals surface area (Å²) < 4.78 is 5.52. The second kappa shape index (κ2) is 11.2. The summed E-state index contributed by atoms with van der Waals surface area (Å²) in [7, 11) is 0. The van der Waals surface area contributed by atoms with E-state index >= 15 is 0 Å². The number of halogens is 1. The molecule has 0 aromatic heterocycles. The molecule has 0 saturated carbocycles. The van der Waals surface area contributed by atoms with Gasteiger partial charge in [-0.25, -0.2) is 4.99 Å². The summed E-state index contributed by atoms with van der Waals surface area (Å²) in [5.41, 5.74) is 1.66. The van der Waals surface area contributed by atoms with Gasteiger partial charge in [-0.3, -0.25) is 4.79 Å². The molecule has 2 fully saturated rings. The van der Waals surface area contributed by atoms with Gasteiger partial charge in [0, 0.05) is 39.3 Å². The SMILES string of the molecule is CCNC(=NCc1cccc(C#N)c1)N1CCN(C(=O)C2CCCO2)CC1.I. The van der Waals surface area contributed by atoms with Crippen molar-refractivity contribution in [2.24, 2.45) is 4.99 Å². The molecule has 2 heterocycles. The standard InChI is InChI=1S/C20H27N5O2.HI/c1-2-22-20(23-15-17-6-3-5-16(13-17)14-21)25-10-8-24(9-11-25)19(26)18-7-4-12-27-18;/h3,5-6,13,18H,2,4,7-12,15H2,1H3,(H,22,23);1H. The van der Waals surface area contributed by atoms with Crippen molar-refractivity contribution < 1.29 is 9.53 Å². The molecule has 1 aromatic carbocycles. The van der Waals surface area contributed by atoms with Crippen molar-refractivity contribution in [3.8, 4) is 6.07 Å². The summed E-state index contributed by atoms with van der Waals surface area (Å²) in [6, 6.07) is 9.68. The Bertz CT molecular complexity index is 720. The zero-order chi connectivity index (χ0) is 19.1. The summed E-state index contributed by atoms with van der Waals surface area (Å²) in [5, 5.41) is 12.4. The van der Waals surface area contributed by atoms with Gasteiger partial charge < -0.3 is 19.9 Å². The molecule has 0 radical (unpaired) electrons. The van der Waals surface area contributed by atoms with Crippen LogP contribution in [0.1, 0.15) is 30.9 Å². The van der Waals surface area contributed by atoms with Crippen LogP contribution in [0.3, 0.4) is 0 Å². The molecular formula is C20H28IN5O2. The lowest BCUT2D eigenvalue weighted by atomic mass is 10.1. The molecule has 152 valence electrons. The van der Waals surface area contributed by atoms with E-state index in [1.54, 1.807) is 6.07 Å². The van der Waals surface area contributed by atoms with E-state index < -0.39 is 0 Å². The first kappa shape index (κ1) is 22.4. The minimum atomic E-state index is -0.245. The molecule has 0 aliphatic carbocycles. The van der Waals surface area contributed by atoms with Gasteiger partial charge in [0.15, 0.2) is 5.96 Å². The number of rotatable bonds is 4. The second-order valence-electron chi connectivity index (χ2n) is 6.80. The van der Waals surface area contributed by atoms with Crippen molar-refractivity contribution in [1.29, 1.82) is 5.26 Å². The molecule has 0 spiro atoms. The lowest BCUT2D eigenvalue weighted by molar-refractivity contribution is -0.142. The minimum Gasteiger partial charge on any atom is -0.368 e. The van der Waals surface area contributed by atoms with Crippen molar-refractivity contribution in [3.63, 3.8) is 0 Å². The molecule has 1 aromatic rings. The van der Waals surface area contributed by atoms with Crippen LogP contribution in [0.15, 0.2) is 29.3 Å². The smallest absolute Gasteiger partial charge is 0.251 e. The first-order valence-electron chi connectivity index (χ1n) is 9.64. The largest absolute Gasteiger partial charge is 0.368 e. The Kier molecular flexibility index (Phi) is 8.99. The Morgan fingerprint density at radius 1 is 1.32 bits per heavy atom. The molecule has 3 rings (SSSR count). The maximum Gasteiger partial charge on any atom is 0.251 e. The van der Waals surface area contributed by atoms with Crippen molar-refractivity contribution >= 4 is 35.8 Å². The quantitative estimate of drug-likeness (QED) is 0.391. The normalized spacial score (nSPS) is 19.7. The average molecular weight is 497 g/mol. The van der Waals surface area contributed by atoms with Crippen molar-refractivity contribution in [1.82, 2.24) is 15.1 Å². The average Bonchev–Trinajstić information content (AvgIpc) is 3.26. The van der Waals surface area contributed by atoms with Gasteiger partial charge >= 0.3 is 0 Å². The summed E-state index contributed by atoms with van der Waals surface area (Å²) in [4.78, 5) is 21.3. The number of benzene rings is 1. The number of hydrogen-bond acceptors (Lipinski definition) is 4. The molecule has 1 atom stereocenters. The lowest BCUT2D eigenvalue weighted by Crippen LogP contribution is -2.55. The Balaban J connectivity index is 0.00000280. The molecule has 1 unspecified atom stereocenters. The third kappa shape index (κ3) is 5.82. The molecule has 0 bridgehead atoms. The summed E-state index contributed by atoms with van der Waals surface area (Å²) >= 11 is 0. The number of aliphatic imine (C=N–C) groups is 1. The summed E-state index contributed by atoms with van der Waals surface area (Å²) in [6.07, 6.45) is 1.57. The van der Waals surface area contributed by atoms with Crippen LogP contribution in [0.25, 0.3) is 0 Å². The fraction of sp³-hybridized carbons (Fsp3) is 0.550. The van der Waals surface area contributed by atoms with E-state index in [0.29, 0.717) is 31.8 Å². The molecule has 8 heteroatoms. The van der Waals surface area contributed by atoms with E-state index in [-0.39, 0.29) is 36.0 Å². The minimum absolute atomic E-state index is 0. The van der Waals surface area contributed by atoms with E-state index in [1.807, 2.05) is 30.0 Å². The second-order valence-corrected chi connectivity index (χ2v) is 6.80. The van der Waals surface area contributed by atoms with Crippen LogP contribution in [-0.4, -0.2) is 67.1 Å². The van der Waals surface area contributed by atoms with Gasteiger partial charge in [-0.05, 0) is 37.5 Å². The molecule has 1 N–H and O–H groups in total.